The first-order valence-corrected chi connectivity index (χ1v) is 8.32. The van der Waals surface area contributed by atoms with E-state index in [4.69, 9.17) is 15.6 Å². The summed E-state index contributed by atoms with van der Waals surface area (Å²) in [5, 5.41) is 8.93. The molecule has 1 atom stereocenters. The normalized spacial score (nSPS) is 12.0. The van der Waals surface area contributed by atoms with E-state index in [1.54, 1.807) is 18.9 Å². The van der Waals surface area contributed by atoms with Crippen LogP contribution in [0.5, 0.6) is 5.75 Å². The maximum atomic E-state index is 10.9. The van der Waals surface area contributed by atoms with Crippen molar-refractivity contribution in [2.45, 2.75) is 30.0 Å². The van der Waals surface area contributed by atoms with Crippen LogP contribution < -0.4 is 10.5 Å². The molecular formula is C18H21NO3S. The number of carboxylic acid groups (broad SMARTS) is 1. The first-order valence-electron chi connectivity index (χ1n) is 7.33. The fraction of sp³-hybridized carbons (Fsp3) is 0.278. The van der Waals surface area contributed by atoms with E-state index in [1.807, 2.05) is 18.2 Å². The van der Waals surface area contributed by atoms with Crippen LogP contribution in [0.2, 0.25) is 0 Å². The number of aryl methyl sites for hydroxylation is 1. The molecule has 0 fully saturated rings. The van der Waals surface area contributed by atoms with Gasteiger partial charge in [-0.2, -0.15) is 0 Å². The van der Waals surface area contributed by atoms with Gasteiger partial charge in [0.15, 0.2) is 0 Å². The zero-order valence-corrected chi connectivity index (χ0v) is 14.1. The molecule has 0 aliphatic carbocycles. The highest BCUT2D eigenvalue weighted by Gasteiger charge is 2.13. The summed E-state index contributed by atoms with van der Waals surface area (Å²) in [6, 6.07) is 13.2. The van der Waals surface area contributed by atoms with Crippen LogP contribution in [0.1, 0.15) is 16.7 Å². The standard InChI is InChI=1S/C18H21NO3S/c1-12-3-6-15(7-4-12)23-11-14-9-13(5-8-17(14)22-2)10-16(19)18(20)21/h3-9,16H,10-11,19H2,1-2H3,(H,20,21). The number of nitrogens with two attached hydrogens (primary N) is 1. The van der Waals surface area contributed by atoms with Crippen molar-refractivity contribution in [3.63, 3.8) is 0 Å². The maximum Gasteiger partial charge on any atom is 0.320 e. The lowest BCUT2D eigenvalue weighted by atomic mass is 10.0. The molecule has 3 N–H and O–H groups in total. The van der Waals surface area contributed by atoms with Gasteiger partial charge < -0.3 is 15.6 Å². The second-order valence-electron chi connectivity index (χ2n) is 5.40. The number of benzene rings is 2. The SMILES string of the molecule is COc1ccc(CC(N)C(=O)O)cc1CSc1ccc(C)cc1. The molecule has 0 aromatic heterocycles. The van der Waals surface area contributed by atoms with Gasteiger partial charge in [-0.05, 0) is 37.1 Å². The average Bonchev–Trinajstić information content (AvgIpc) is 2.54. The molecule has 2 aromatic carbocycles. The van der Waals surface area contributed by atoms with Crippen LogP contribution in [0.4, 0.5) is 0 Å². The predicted molar refractivity (Wildman–Crippen MR) is 93.0 cm³/mol. The van der Waals surface area contributed by atoms with E-state index in [1.165, 1.54) is 10.5 Å². The van der Waals surface area contributed by atoms with Crippen molar-refractivity contribution >= 4 is 17.7 Å². The average molecular weight is 331 g/mol. The van der Waals surface area contributed by atoms with Crippen molar-refractivity contribution in [1.82, 2.24) is 0 Å². The number of carboxylic acids is 1. The van der Waals surface area contributed by atoms with E-state index in [0.29, 0.717) is 6.42 Å². The van der Waals surface area contributed by atoms with Gasteiger partial charge >= 0.3 is 5.97 Å². The molecule has 0 radical (unpaired) electrons. The number of hydrogen-bond acceptors (Lipinski definition) is 4. The van der Waals surface area contributed by atoms with Gasteiger partial charge in [0, 0.05) is 16.2 Å². The molecule has 4 nitrogen and oxygen atoms in total. The molecule has 5 heteroatoms. The van der Waals surface area contributed by atoms with Crippen LogP contribution in [0.3, 0.4) is 0 Å². The second-order valence-corrected chi connectivity index (χ2v) is 6.45. The molecule has 1 unspecified atom stereocenters. The lowest BCUT2D eigenvalue weighted by Crippen LogP contribution is -2.32. The Balaban J connectivity index is 2.12. The summed E-state index contributed by atoms with van der Waals surface area (Å²) < 4.78 is 5.40. The molecule has 0 aliphatic heterocycles. The molecule has 0 bridgehead atoms. The highest BCUT2D eigenvalue weighted by Crippen LogP contribution is 2.29. The Kier molecular flexibility index (Phi) is 6.07. The van der Waals surface area contributed by atoms with Gasteiger partial charge in [0.2, 0.25) is 0 Å². The summed E-state index contributed by atoms with van der Waals surface area (Å²) >= 11 is 1.72. The number of aliphatic carboxylic acids is 1. The van der Waals surface area contributed by atoms with E-state index in [9.17, 15) is 4.79 Å². The molecule has 0 aliphatic rings. The Morgan fingerprint density at radius 1 is 1.26 bits per heavy atom. The summed E-state index contributed by atoms with van der Waals surface area (Å²) in [7, 11) is 1.64. The summed E-state index contributed by atoms with van der Waals surface area (Å²) in [6.45, 7) is 2.06. The van der Waals surface area contributed by atoms with Crippen molar-refractivity contribution in [1.29, 1.82) is 0 Å². The second kappa shape index (κ2) is 8.04. The Morgan fingerprint density at radius 2 is 1.96 bits per heavy atom. The quantitative estimate of drug-likeness (QED) is 0.762. The molecule has 23 heavy (non-hydrogen) atoms. The lowest BCUT2D eigenvalue weighted by Gasteiger charge is -2.12. The van der Waals surface area contributed by atoms with Crippen molar-refractivity contribution in [2.75, 3.05) is 7.11 Å². The zero-order chi connectivity index (χ0) is 16.8. The van der Waals surface area contributed by atoms with Crippen molar-refractivity contribution in [2.24, 2.45) is 5.73 Å². The summed E-state index contributed by atoms with van der Waals surface area (Å²) in [6.07, 6.45) is 0.307. The van der Waals surface area contributed by atoms with Crippen molar-refractivity contribution in [3.05, 3.63) is 59.2 Å². The fourth-order valence-corrected chi connectivity index (χ4v) is 3.08. The van der Waals surface area contributed by atoms with Gasteiger partial charge in [0.25, 0.3) is 0 Å². The van der Waals surface area contributed by atoms with Crippen LogP contribution in [0.15, 0.2) is 47.4 Å². The molecule has 0 heterocycles. The minimum absolute atomic E-state index is 0.307. The maximum absolute atomic E-state index is 10.9. The lowest BCUT2D eigenvalue weighted by molar-refractivity contribution is -0.138. The molecule has 122 valence electrons. The minimum Gasteiger partial charge on any atom is -0.496 e. The molecule has 0 saturated heterocycles. The van der Waals surface area contributed by atoms with E-state index in [2.05, 4.69) is 31.2 Å². The Bertz CT molecular complexity index is 670. The number of ether oxygens (including phenoxy) is 1. The van der Waals surface area contributed by atoms with Gasteiger partial charge in [0.05, 0.1) is 7.11 Å². The number of carbonyl (C=O) groups is 1. The monoisotopic (exact) mass is 331 g/mol. The van der Waals surface area contributed by atoms with Gasteiger partial charge in [-0.15, -0.1) is 11.8 Å². The molecule has 0 amide bonds. The molecule has 2 rings (SSSR count). The molecule has 0 saturated carbocycles. The van der Waals surface area contributed by atoms with Crippen LogP contribution in [-0.4, -0.2) is 24.2 Å². The van der Waals surface area contributed by atoms with E-state index in [-0.39, 0.29) is 0 Å². The Morgan fingerprint density at radius 3 is 2.57 bits per heavy atom. The highest BCUT2D eigenvalue weighted by atomic mass is 32.2. The largest absolute Gasteiger partial charge is 0.496 e. The molecule has 2 aromatic rings. The fourth-order valence-electron chi connectivity index (χ4n) is 2.21. The van der Waals surface area contributed by atoms with Crippen LogP contribution in [-0.2, 0) is 17.0 Å². The third-order valence-corrected chi connectivity index (χ3v) is 4.59. The Hall–Kier alpha value is -1.98. The van der Waals surface area contributed by atoms with Gasteiger partial charge in [-0.25, -0.2) is 0 Å². The van der Waals surface area contributed by atoms with E-state index >= 15 is 0 Å². The van der Waals surface area contributed by atoms with Crippen molar-refractivity contribution < 1.29 is 14.6 Å². The van der Waals surface area contributed by atoms with Crippen LogP contribution in [0, 0.1) is 6.92 Å². The number of methoxy groups -OCH3 is 1. The summed E-state index contributed by atoms with van der Waals surface area (Å²) in [5.41, 5.74) is 8.78. The van der Waals surface area contributed by atoms with Gasteiger partial charge in [0.1, 0.15) is 11.8 Å². The summed E-state index contributed by atoms with van der Waals surface area (Å²) in [5.74, 6) is 0.566. The number of thioether (sulfide) groups is 1. The highest BCUT2D eigenvalue weighted by molar-refractivity contribution is 7.98. The van der Waals surface area contributed by atoms with Crippen LogP contribution in [0.25, 0.3) is 0 Å². The Labute approximate surface area is 140 Å². The first-order chi connectivity index (χ1) is 11.0. The van der Waals surface area contributed by atoms with Crippen LogP contribution >= 0.6 is 11.8 Å². The molecular weight excluding hydrogens is 310 g/mol. The third-order valence-electron chi connectivity index (χ3n) is 3.53. The topological polar surface area (TPSA) is 72.5 Å². The third kappa shape index (κ3) is 5.01. The smallest absolute Gasteiger partial charge is 0.320 e. The van der Waals surface area contributed by atoms with Gasteiger partial charge in [-0.3, -0.25) is 4.79 Å². The number of rotatable bonds is 7. The van der Waals surface area contributed by atoms with E-state index in [0.717, 1.165) is 22.6 Å². The first kappa shape index (κ1) is 17.4. The molecule has 0 spiro atoms. The minimum atomic E-state index is -0.989. The van der Waals surface area contributed by atoms with E-state index < -0.39 is 12.0 Å². The predicted octanol–water partition coefficient (Wildman–Crippen LogP) is 3.25. The zero-order valence-electron chi connectivity index (χ0n) is 13.3. The summed E-state index contributed by atoms with van der Waals surface area (Å²) in [4.78, 5) is 12.1. The number of hydrogen-bond donors (Lipinski definition) is 2. The van der Waals surface area contributed by atoms with Gasteiger partial charge in [-0.1, -0.05) is 29.8 Å². The van der Waals surface area contributed by atoms with Crippen molar-refractivity contribution in [3.8, 4) is 5.75 Å².